The summed E-state index contributed by atoms with van der Waals surface area (Å²) in [5.41, 5.74) is 0.853. The van der Waals surface area contributed by atoms with Crippen molar-refractivity contribution in [3.8, 4) is 11.5 Å². The zero-order chi connectivity index (χ0) is 20.6. The predicted molar refractivity (Wildman–Crippen MR) is 113 cm³/mol. The third-order valence-electron chi connectivity index (χ3n) is 3.89. The number of nitrogens with zero attached hydrogens (tertiary/aromatic N) is 1. The van der Waals surface area contributed by atoms with Gasteiger partial charge in [-0.15, -0.1) is 11.3 Å². The van der Waals surface area contributed by atoms with Crippen LogP contribution in [0.2, 0.25) is 10.0 Å². The molecule has 3 rings (SSSR count). The third-order valence-corrected chi connectivity index (χ3v) is 5.18. The van der Waals surface area contributed by atoms with Crippen molar-refractivity contribution in [3.05, 3.63) is 74.7 Å². The number of halogens is 2. The lowest BCUT2D eigenvalue weighted by atomic mass is 10.1. The summed E-state index contributed by atoms with van der Waals surface area (Å²) in [6.07, 6.45) is 2.83. The van der Waals surface area contributed by atoms with Gasteiger partial charge in [0.05, 0.1) is 11.6 Å². The summed E-state index contributed by atoms with van der Waals surface area (Å²) >= 11 is 13.1. The van der Waals surface area contributed by atoms with E-state index < -0.39 is 5.97 Å². The molecular weight excluding hydrogens is 433 g/mol. The molecule has 0 atom stereocenters. The maximum atomic E-state index is 12.2. The molecule has 29 heavy (non-hydrogen) atoms. The number of carbonyl (C=O) groups is 2. The van der Waals surface area contributed by atoms with E-state index in [2.05, 4.69) is 4.98 Å². The fourth-order valence-corrected chi connectivity index (χ4v) is 3.48. The highest BCUT2D eigenvalue weighted by Gasteiger charge is 2.11. The average molecular weight is 450 g/mol. The van der Waals surface area contributed by atoms with Gasteiger partial charge in [0.1, 0.15) is 17.3 Å². The van der Waals surface area contributed by atoms with E-state index in [1.54, 1.807) is 54.0 Å². The minimum atomic E-state index is -0.496. The van der Waals surface area contributed by atoms with Crippen molar-refractivity contribution in [1.29, 1.82) is 0 Å². The van der Waals surface area contributed by atoms with E-state index in [0.717, 1.165) is 5.56 Å². The van der Waals surface area contributed by atoms with Crippen LogP contribution in [0.15, 0.2) is 54.0 Å². The average Bonchev–Trinajstić information content (AvgIpc) is 3.23. The largest absolute Gasteiger partial charge is 0.492 e. The minimum absolute atomic E-state index is 0.100. The Balaban J connectivity index is 1.40. The molecule has 0 fully saturated rings. The van der Waals surface area contributed by atoms with Crippen molar-refractivity contribution in [3.63, 3.8) is 0 Å². The summed E-state index contributed by atoms with van der Waals surface area (Å²) in [5, 5.41) is 2.99. The second kappa shape index (κ2) is 10.4. The van der Waals surface area contributed by atoms with Crippen LogP contribution in [0.3, 0.4) is 0 Å². The van der Waals surface area contributed by atoms with Gasteiger partial charge in [0.25, 0.3) is 0 Å². The maximum absolute atomic E-state index is 12.2. The first-order chi connectivity index (χ1) is 14.0. The Hall–Kier alpha value is -2.41. The molecule has 0 N–H and O–H groups in total. The van der Waals surface area contributed by atoms with Crippen LogP contribution >= 0.6 is 34.5 Å². The number of hydrogen-bond donors (Lipinski definition) is 0. The number of rotatable bonds is 9. The molecule has 0 spiro atoms. The van der Waals surface area contributed by atoms with Gasteiger partial charge in [-0.25, -0.2) is 9.78 Å². The summed E-state index contributed by atoms with van der Waals surface area (Å²) in [4.78, 5) is 27.9. The van der Waals surface area contributed by atoms with E-state index in [-0.39, 0.29) is 5.78 Å². The van der Waals surface area contributed by atoms with Gasteiger partial charge in [0, 0.05) is 29.4 Å². The maximum Gasteiger partial charge on any atom is 0.372 e. The summed E-state index contributed by atoms with van der Waals surface area (Å²) < 4.78 is 10.8. The highest BCUT2D eigenvalue weighted by molar-refractivity contribution is 7.11. The van der Waals surface area contributed by atoms with Crippen LogP contribution in [-0.2, 0) is 11.2 Å². The van der Waals surface area contributed by atoms with Gasteiger partial charge >= 0.3 is 5.97 Å². The van der Waals surface area contributed by atoms with E-state index in [9.17, 15) is 9.59 Å². The molecule has 0 bridgehead atoms. The number of hydrogen-bond acceptors (Lipinski definition) is 6. The van der Waals surface area contributed by atoms with Crippen molar-refractivity contribution < 1.29 is 19.1 Å². The molecule has 0 aliphatic carbocycles. The first-order valence-corrected chi connectivity index (χ1v) is 10.4. The summed E-state index contributed by atoms with van der Waals surface area (Å²) in [6.45, 7) is 0.388. The standard InChI is InChI=1S/C21H17Cl2NO4S/c22-15-5-8-19(18(23)13-15)27-10-1-2-16(25)12-14-3-6-17(7-4-14)28-21(26)20-24-9-11-29-20/h3-9,11,13H,1-2,10,12H2. The lowest BCUT2D eigenvalue weighted by Crippen LogP contribution is -2.08. The Morgan fingerprint density at radius 1 is 1.07 bits per heavy atom. The zero-order valence-corrected chi connectivity index (χ0v) is 17.6. The van der Waals surface area contributed by atoms with Crippen molar-refractivity contribution in [2.24, 2.45) is 0 Å². The molecule has 0 radical (unpaired) electrons. The quantitative estimate of drug-likeness (QED) is 0.240. The number of benzene rings is 2. The van der Waals surface area contributed by atoms with Crippen LogP contribution < -0.4 is 9.47 Å². The highest BCUT2D eigenvalue weighted by Crippen LogP contribution is 2.27. The molecule has 8 heteroatoms. The smallest absolute Gasteiger partial charge is 0.372 e. The molecule has 1 aromatic heterocycles. The van der Waals surface area contributed by atoms with Gasteiger partial charge in [-0.05, 0) is 42.3 Å². The first-order valence-electron chi connectivity index (χ1n) is 8.81. The lowest BCUT2D eigenvalue weighted by Gasteiger charge is -2.08. The molecule has 0 aliphatic heterocycles. The van der Waals surface area contributed by atoms with E-state index in [1.807, 2.05) is 0 Å². The molecule has 3 aromatic rings. The molecule has 150 valence electrons. The van der Waals surface area contributed by atoms with Crippen molar-refractivity contribution in [1.82, 2.24) is 4.98 Å². The summed E-state index contributed by atoms with van der Waals surface area (Å²) in [7, 11) is 0. The molecule has 2 aromatic carbocycles. The van der Waals surface area contributed by atoms with Crippen molar-refractivity contribution >= 4 is 46.3 Å². The number of ether oxygens (including phenoxy) is 2. The van der Waals surface area contributed by atoms with Gasteiger partial charge in [-0.2, -0.15) is 0 Å². The fourth-order valence-electron chi connectivity index (χ4n) is 2.51. The zero-order valence-electron chi connectivity index (χ0n) is 15.3. The van der Waals surface area contributed by atoms with Crippen LogP contribution in [0, 0.1) is 0 Å². The molecule has 0 amide bonds. The predicted octanol–water partition coefficient (Wildman–Crippen LogP) is 5.64. The Morgan fingerprint density at radius 3 is 2.55 bits per heavy atom. The van der Waals surface area contributed by atoms with E-state index in [0.29, 0.717) is 52.4 Å². The third kappa shape index (κ3) is 6.56. The van der Waals surface area contributed by atoms with Crippen LogP contribution in [0.1, 0.15) is 28.2 Å². The Bertz CT molecular complexity index is 975. The SMILES string of the molecule is O=C(CCCOc1ccc(Cl)cc1Cl)Cc1ccc(OC(=O)c2nccs2)cc1. The van der Waals surface area contributed by atoms with E-state index in [4.69, 9.17) is 32.7 Å². The van der Waals surface area contributed by atoms with Gasteiger partial charge in [-0.3, -0.25) is 4.79 Å². The number of ketones is 1. The number of esters is 1. The molecular formula is C21H17Cl2NO4S. The Morgan fingerprint density at radius 2 is 1.86 bits per heavy atom. The number of carbonyl (C=O) groups excluding carboxylic acids is 2. The topological polar surface area (TPSA) is 65.5 Å². The van der Waals surface area contributed by atoms with Crippen LogP contribution in [0.4, 0.5) is 0 Å². The lowest BCUT2D eigenvalue weighted by molar-refractivity contribution is -0.118. The van der Waals surface area contributed by atoms with Crippen LogP contribution in [0.25, 0.3) is 0 Å². The Labute approximate surface area is 182 Å². The monoisotopic (exact) mass is 449 g/mol. The number of aromatic nitrogens is 1. The van der Waals surface area contributed by atoms with Gasteiger partial charge in [0.15, 0.2) is 0 Å². The normalized spacial score (nSPS) is 10.6. The Kier molecular flexibility index (Phi) is 7.63. The minimum Gasteiger partial charge on any atom is -0.492 e. The van der Waals surface area contributed by atoms with Crippen LogP contribution in [0.5, 0.6) is 11.5 Å². The molecule has 5 nitrogen and oxygen atoms in total. The second-order valence-electron chi connectivity index (χ2n) is 6.11. The van der Waals surface area contributed by atoms with Crippen LogP contribution in [-0.4, -0.2) is 23.3 Å². The van der Waals surface area contributed by atoms with E-state index in [1.165, 1.54) is 11.3 Å². The van der Waals surface area contributed by atoms with Gasteiger partial charge in [-0.1, -0.05) is 35.3 Å². The highest BCUT2D eigenvalue weighted by atomic mass is 35.5. The van der Waals surface area contributed by atoms with Gasteiger partial charge < -0.3 is 9.47 Å². The number of thiazole rings is 1. The molecule has 1 heterocycles. The first kappa shape index (κ1) is 21.3. The van der Waals surface area contributed by atoms with Crippen molar-refractivity contribution in [2.75, 3.05) is 6.61 Å². The second-order valence-corrected chi connectivity index (χ2v) is 7.85. The number of Topliss-reactive ketones (excluding diaryl/α,β-unsaturated/α-hetero) is 1. The fraction of sp³-hybridized carbons (Fsp3) is 0.190. The molecule has 0 saturated heterocycles. The summed E-state index contributed by atoms with van der Waals surface area (Å²) in [5.74, 6) is 0.564. The van der Waals surface area contributed by atoms with Gasteiger partial charge in [0.2, 0.25) is 5.01 Å². The molecule has 0 unspecified atom stereocenters. The van der Waals surface area contributed by atoms with E-state index >= 15 is 0 Å². The summed E-state index contributed by atoms with van der Waals surface area (Å²) in [6, 6.07) is 11.9. The molecule has 0 saturated carbocycles. The van der Waals surface area contributed by atoms with Crippen molar-refractivity contribution in [2.45, 2.75) is 19.3 Å². The molecule has 0 aliphatic rings.